The van der Waals surface area contributed by atoms with Crippen LogP contribution in [0.5, 0.6) is 0 Å². The van der Waals surface area contributed by atoms with Gasteiger partial charge in [-0.25, -0.2) is 0 Å². The van der Waals surface area contributed by atoms with E-state index >= 15 is 0 Å². The van der Waals surface area contributed by atoms with E-state index in [1.807, 2.05) is 6.20 Å². The molecule has 19 heavy (non-hydrogen) atoms. The average Bonchev–Trinajstić information content (AvgIpc) is 2.90. The molecule has 2 aromatic rings. The highest BCUT2D eigenvalue weighted by Crippen LogP contribution is 2.24. The van der Waals surface area contributed by atoms with Crippen molar-refractivity contribution < 1.29 is 0 Å². The van der Waals surface area contributed by atoms with E-state index in [2.05, 4.69) is 63.2 Å². The van der Waals surface area contributed by atoms with Crippen LogP contribution in [0.4, 0.5) is 0 Å². The average molecular weight is 342 g/mol. The number of thiophene rings is 1. The molecule has 2 aromatic heterocycles. The highest BCUT2D eigenvalue weighted by molar-refractivity contribution is 9.10. The maximum absolute atomic E-state index is 4.49. The second kappa shape index (κ2) is 6.68. The van der Waals surface area contributed by atoms with Crippen molar-refractivity contribution >= 4 is 27.3 Å². The SMILES string of the molecule is Cc1c(CNCC(C)C)cnn1Cc1sccc1Br. The first-order valence-corrected chi connectivity index (χ1v) is 8.19. The van der Waals surface area contributed by atoms with Crippen molar-refractivity contribution in [2.24, 2.45) is 5.92 Å². The number of halogens is 1. The zero-order valence-electron chi connectivity index (χ0n) is 11.6. The van der Waals surface area contributed by atoms with E-state index in [0.717, 1.165) is 19.6 Å². The molecule has 0 aromatic carbocycles. The summed E-state index contributed by atoms with van der Waals surface area (Å²) in [5.74, 6) is 0.678. The summed E-state index contributed by atoms with van der Waals surface area (Å²) in [7, 11) is 0. The van der Waals surface area contributed by atoms with Crippen molar-refractivity contribution in [1.29, 1.82) is 0 Å². The third-order valence-electron chi connectivity index (χ3n) is 3.06. The molecule has 0 aliphatic heterocycles. The van der Waals surface area contributed by atoms with Crippen molar-refractivity contribution in [2.75, 3.05) is 6.54 Å². The topological polar surface area (TPSA) is 29.9 Å². The number of hydrogen-bond acceptors (Lipinski definition) is 3. The summed E-state index contributed by atoms with van der Waals surface area (Å²) in [5.41, 5.74) is 2.53. The molecule has 0 unspecified atom stereocenters. The molecule has 3 nitrogen and oxygen atoms in total. The molecule has 2 heterocycles. The summed E-state index contributed by atoms with van der Waals surface area (Å²) < 4.78 is 3.25. The molecule has 5 heteroatoms. The van der Waals surface area contributed by atoms with E-state index in [-0.39, 0.29) is 0 Å². The second-order valence-electron chi connectivity index (χ2n) is 5.13. The minimum atomic E-state index is 0.678. The van der Waals surface area contributed by atoms with Gasteiger partial charge < -0.3 is 5.32 Å². The van der Waals surface area contributed by atoms with Crippen LogP contribution in [0, 0.1) is 12.8 Å². The lowest BCUT2D eigenvalue weighted by atomic mass is 10.2. The molecule has 0 atom stereocenters. The van der Waals surface area contributed by atoms with Gasteiger partial charge in [0.2, 0.25) is 0 Å². The lowest BCUT2D eigenvalue weighted by Crippen LogP contribution is -2.19. The molecule has 0 amide bonds. The number of hydrogen-bond donors (Lipinski definition) is 1. The first kappa shape index (κ1) is 14.8. The maximum atomic E-state index is 4.49. The van der Waals surface area contributed by atoms with Crippen LogP contribution in [-0.2, 0) is 13.1 Å². The van der Waals surface area contributed by atoms with Gasteiger partial charge in [-0.05, 0) is 46.8 Å². The van der Waals surface area contributed by atoms with Crippen molar-refractivity contribution in [3.63, 3.8) is 0 Å². The third kappa shape index (κ3) is 3.91. The Morgan fingerprint density at radius 1 is 1.47 bits per heavy atom. The van der Waals surface area contributed by atoms with E-state index in [1.54, 1.807) is 11.3 Å². The van der Waals surface area contributed by atoms with Gasteiger partial charge in [0.1, 0.15) is 0 Å². The Bertz CT molecular complexity index is 531. The molecule has 1 N–H and O–H groups in total. The zero-order chi connectivity index (χ0) is 13.8. The fraction of sp³-hybridized carbons (Fsp3) is 0.500. The van der Waals surface area contributed by atoms with Gasteiger partial charge in [0.25, 0.3) is 0 Å². The van der Waals surface area contributed by atoms with E-state index in [1.165, 1.54) is 20.6 Å². The summed E-state index contributed by atoms with van der Waals surface area (Å²) in [6.45, 7) is 9.36. The molecule has 0 saturated heterocycles. The lowest BCUT2D eigenvalue weighted by Gasteiger charge is -2.08. The summed E-state index contributed by atoms with van der Waals surface area (Å²) in [4.78, 5) is 1.31. The number of aromatic nitrogens is 2. The highest BCUT2D eigenvalue weighted by atomic mass is 79.9. The molecule has 0 radical (unpaired) electrons. The summed E-state index contributed by atoms with van der Waals surface area (Å²) in [6, 6.07) is 2.09. The Hall–Kier alpha value is -0.650. The Balaban J connectivity index is 2.00. The smallest absolute Gasteiger partial charge is 0.0766 e. The normalized spacial score (nSPS) is 11.4. The van der Waals surface area contributed by atoms with E-state index in [0.29, 0.717) is 5.92 Å². The Kier molecular flexibility index (Phi) is 5.19. The van der Waals surface area contributed by atoms with Crippen LogP contribution >= 0.6 is 27.3 Å². The van der Waals surface area contributed by atoms with E-state index in [4.69, 9.17) is 0 Å². The first-order valence-electron chi connectivity index (χ1n) is 6.51. The van der Waals surface area contributed by atoms with Crippen molar-refractivity contribution in [3.05, 3.63) is 38.3 Å². The molecule has 0 saturated carbocycles. The molecular formula is C14H20BrN3S. The van der Waals surface area contributed by atoms with Crippen molar-refractivity contribution in [3.8, 4) is 0 Å². The van der Waals surface area contributed by atoms with Gasteiger partial charge in [0, 0.05) is 27.2 Å². The fourth-order valence-electron chi connectivity index (χ4n) is 1.89. The summed E-state index contributed by atoms with van der Waals surface area (Å²) >= 11 is 5.33. The first-order chi connectivity index (χ1) is 9.08. The van der Waals surface area contributed by atoms with Gasteiger partial charge in [-0.15, -0.1) is 11.3 Å². The molecule has 0 fully saturated rings. The van der Waals surface area contributed by atoms with Gasteiger partial charge in [0.15, 0.2) is 0 Å². The summed E-state index contributed by atoms with van der Waals surface area (Å²) in [5, 5.41) is 10.1. The molecular weight excluding hydrogens is 322 g/mol. The van der Waals surface area contributed by atoms with Crippen LogP contribution in [-0.4, -0.2) is 16.3 Å². The van der Waals surface area contributed by atoms with E-state index in [9.17, 15) is 0 Å². The maximum Gasteiger partial charge on any atom is 0.0766 e. The van der Waals surface area contributed by atoms with Gasteiger partial charge in [-0.2, -0.15) is 5.10 Å². The predicted octanol–water partition coefficient (Wildman–Crippen LogP) is 3.81. The minimum Gasteiger partial charge on any atom is -0.312 e. The quantitative estimate of drug-likeness (QED) is 0.865. The fourth-order valence-corrected chi connectivity index (χ4v) is 3.35. The predicted molar refractivity (Wildman–Crippen MR) is 84.6 cm³/mol. The monoisotopic (exact) mass is 341 g/mol. The molecule has 104 valence electrons. The van der Waals surface area contributed by atoms with E-state index < -0.39 is 0 Å². The summed E-state index contributed by atoms with van der Waals surface area (Å²) in [6.07, 6.45) is 1.98. The molecule has 0 aliphatic rings. The largest absolute Gasteiger partial charge is 0.312 e. The molecule has 0 bridgehead atoms. The van der Waals surface area contributed by atoms with Crippen LogP contribution in [0.15, 0.2) is 22.1 Å². The van der Waals surface area contributed by atoms with Crippen LogP contribution in [0.25, 0.3) is 0 Å². The number of nitrogens with one attached hydrogen (secondary N) is 1. The zero-order valence-corrected chi connectivity index (χ0v) is 14.0. The van der Waals surface area contributed by atoms with Gasteiger partial charge in [0.05, 0.1) is 12.7 Å². The number of rotatable bonds is 6. The van der Waals surface area contributed by atoms with Crippen LogP contribution in [0.2, 0.25) is 0 Å². The van der Waals surface area contributed by atoms with Crippen LogP contribution in [0.1, 0.15) is 30.0 Å². The van der Waals surface area contributed by atoms with Crippen LogP contribution < -0.4 is 5.32 Å². The Morgan fingerprint density at radius 3 is 2.89 bits per heavy atom. The number of nitrogens with zero attached hydrogens (tertiary/aromatic N) is 2. The second-order valence-corrected chi connectivity index (χ2v) is 6.98. The Labute approximate surface area is 127 Å². The standard InChI is InChI=1S/C14H20BrN3S/c1-10(2)6-16-7-12-8-17-18(11(12)3)9-14-13(15)4-5-19-14/h4-5,8,10,16H,6-7,9H2,1-3H3. The third-order valence-corrected chi connectivity index (χ3v) is 4.97. The van der Waals surface area contributed by atoms with Crippen molar-refractivity contribution in [1.82, 2.24) is 15.1 Å². The van der Waals surface area contributed by atoms with Gasteiger partial charge in [-0.1, -0.05) is 13.8 Å². The Morgan fingerprint density at radius 2 is 2.26 bits per heavy atom. The molecule has 2 rings (SSSR count). The minimum absolute atomic E-state index is 0.678. The van der Waals surface area contributed by atoms with Crippen LogP contribution in [0.3, 0.4) is 0 Å². The van der Waals surface area contributed by atoms with Gasteiger partial charge >= 0.3 is 0 Å². The van der Waals surface area contributed by atoms with Crippen molar-refractivity contribution in [2.45, 2.75) is 33.9 Å². The highest BCUT2D eigenvalue weighted by Gasteiger charge is 2.09. The molecule has 0 aliphatic carbocycles. The van der Waals surface area contributed by atoms with Gasteiger partial charge in [-0.3, -0.25) is 4.68 Å². The lowest BCUT2D eigenvalue weighted by molar-refractivity contribution is 0.551. The molecule has 0 spiro atoms.